The van der Waals surface area contributed by atoms with Crippen LogP contribution in [0.4, 0.5) is 0 Å². The number of rotatable bonds is 4. The Hall–Kier alpha value is -0.910. The number of nitrogens with two attached hydrogens (primary N) is 1. The summed E-state index contributed by atoms with van der Waals surface area (Å²) in [6.07, 6.45) is 3.67. The molecule has 3 nitrogen and oxygen atoms in total. The summed E-state index contributed by atoms with van der Waals surface area (Å²) in [5, 5.41) is 3.07. The van der Waals surface area contributed by atoms with Crippen molar-refractivity contribution in [2.75, 3.05) is 0 Å². The Morgan fingerprint density at radius 3 is 2.59 bits per heavy atom. The number of aryl methyl sites for hydroxylation is 1. The van der Waals surface area contributed by atoms with Crippen LogP contribution in [-0.2, 0) is 0 Å². The first-order valence-electron chi connectivity index (χ1n) is 5.41. The highest BCUT2D eigenvalue weighted by Gasteiger charge is 2.19. The summed E-state index contributed by atoms with van der Waals surface area (Å²) in [6.45, 7) is 4.00. The number of thioether (sulfide) groups is 1. The molecule has 5 heteroatoms. The molecule has 2 N–H and O–H groups in total. The lowest BCUT2D eigenvalue weighted by Crippen LogP contribution is -2.22. The molecule has 0 bridgehead atoms. The molecule has 0 spiro atoms. The van der Waals surface area contributed by atoms with Crippen LogP contribution in [0.3, 0.4) is 0 Å². The summed E-state index contributed by atoms with van der Waals surface area (Å²) in [4.78, 5) is 9.89. The van der Waals surface area contributed by atoms with Crippen LogP contribution in [0, 0.1) is 6.92 Å². The molecule has 0 aliphatic heterocycles. The van der Waals surface area contributed by atoms with Gasteiger partial charge in [-0.1, -0.05) is 17.8 Å². The summed E-state index contributed by atoms with van der Waals surface area (Å²) in [5.41, 5.74) is 7.11. The molecule has 0 amide bonds. The van der Waals surface area contributed by atoms with Crippen molar-refractivity contribution in [2.24, 2.45) is 5.73 Å². The molecule has 90 valence electrons. The first-order valence-corrected chi connectivity index (χ1v) is 7.17. The van der Waals surface area contributed by atoms with Crippen molar-refractivity contribution in [3.05, 3.63) is 40.3 Å². The minimum atomic E-state index is 0.0727. The number of nitrogens with zero attached hydrogens (tertiary/aromatic N) is 2. The number of hydrogen-bond donors (Lipinski definition) is 1. The summed E-state index contributed by atoms with van der Waals surface area (Å²) in [6, 6.07) is 4.23. The van der Waals surface area contributed by atoms with E-state index in [9.17, 15) is 0 Å². The zero-order chi connectivity index (χ0) is 12.3. The van der Waals surface area contributed by atoms with Crippen molar-refractivity contribution in [3.63, 3.8) is 0 Å². The fourth-order valence-electron chi connectivity index (χ4n) is 1.43. The lowest BCUT2D eigenvalue weighted by atomic mass is 10.2. The molecule has 0 fully saturated rings. The third-order valence-electron chi connectivity index (χ3n) is 2.29. The van der Waals surface area contributed by atoms with Crippen molar-refractivity contribution in [1.29, 1.82) is 0 Å². The monoisotopic (exact) mass is 265 g/mol. The van der Waals surface area contributed by atoms with Crippen LogP contribution in [0.15, 0.2) is 35.1 Å². The van der Waals surface area contributed by atoms with Crippen LogP contribution >= 0.6 is 23.1 Å². The molecule has 0 radical (unpaired) electrons. The van der Waals surface area contributed by atoms with Gasteiger partial charge < -0.3 is 5.73 Å². The van der Waals surface area contributed by atoms with Crippen LogP contribution in [0.2, 0.25) is 0 Å². The van der Waals surface area contributed by atoms with Gasteiger partial charge in [-0.25, -0.2) is 9.97 Å². The van der Waals surface area contributed by atoms with Crippen molar-refractivity contribution in [1.82, 2.24) is 9.97 Å². The molecule has 2 unspecified atom stereocenters. The normalized spacial score (nSPS) is 14.5. The maximum absolute atomic E-state index is 6.04. The standard InChI is InChI=1S/C12H15N3S2/c1-8-6-14-12(15-7-8)17-11(9(2)13)10-4-3-5-16-10/h3-7,9,11H,13H2,1-2H3. The number of aromatic nitrogens is 2. The van der Waals surface area contributed by atoms with Gasteiger partial charge in [0.2, 0.25) is 0 Å². The van der Waals surface area contributed by atoms with Crippen LogP contribution in [0.25, 0.3) is 0 Å². The van der Waals surface area contributed by atoms with E-state index in [1.165, 1.54) is 4.88 Å². The van der Waals surface area contributed by atoms with Gasteiger partial charge >= 0.3 is 0 Å². The Morgan fingerprint density at radius 2 is 2.06 bits per heavy atom. The van der Waals surface area contributed by atoms with Gasteiger partial charge in [0, 0.05) is 23.3 Å². The third-order valence-corrected chi connectivity index (χ3v) is 4.75. The highest BCUT2D eigenvalue weighted by Crippen LogP contribution is 2.37. The second-order valence-corrected chi connectivity index (χ2v) is 6.04. The van der Waals surface area contributed by atoms with Gasteiger partial charge in [0.15, 0.2) is 5.16 Å². The summed E-state index contributed by atoms with van der Waals surface area (Å²) >= 11 is 3.35. The second-order valence-electron chi connectivity index (χ2n) is 3.96. The molecule has 17 heavy (non-hydrogen) atoms. The Morgan fingerprint density at radius 1 is 1.35 bits per heavy atom. The van der Waals surface area contributed by atoms with Crippen molar-refractivity contribution in [3.8, 4) is 0 Å². The zero-order valence-electron chi connectivity index (χ0n) is 9.83. The minimum absolute atomic E-state index is 0.0727. The molecule has 2 rings (SSSR count). The van der Waals surface area contributed by atoms with Crippen molar-refractivity contribution in [2.45, 2.75) is 30.3 Å². The molecule has 0 aliphatic rings. The fraction of sp³-hybridized carbons (Fsp3) is 0.333. The SMILES string of the molecule is Cc1cnc(SC(c2cccs2)C(C)N)nc1. The van der Waals surface area contributed by atoms with E-state index in [4.69, 9.17) is 5.73 Å². The van der Waals surface area contributed by atoms with E-state index in [1.54, 1.807) is 23.1 Å². The topological polar surface area (TPSA) is 51.8 Å². The molecular weight excluding hydrogens is 250 g/mol. The Kier molecular flexibility index (Phi) is 4.15. The van der Waals surface area contributed by atoms with Crippen molar-refractivity contribution < 1.29 is 0 Å². The fourth-order valence-corrected chi connectivity index (χ4v) is 3.43. The maximum atomic E-state index is 6.04. The Labute approximate surface area is 109 Å². The Balaban J connectivity index is 2.16. The van der Waals surface area contributed by atoms with Crippen LogP contribution in [-0.4, -0.2) is 16.0 Å². The molecule has 2 atom stereocenters. The van der Waals surface area contributed by atoms with E-state index in [0.717, 1.165) is 10.7 Å². The highest BCUT2D eigenvalue weighted by molar-refractivity contribution is 7.99. The number of thiophene rings is 1. The first-order chi connectivity index (χ1) is 8.16. The molecule has 0 saturated heterocycles. The Bertz CT molecular complexity index is 451. The first kappa shape index (κ1) is 12.5. The lowest BCUT2D eigenvalue weighted by molar-refractivity contribution is 0.726. The second kappa shape index (κ2) is 5.62. The van der Waals surface area contributed by atoms with E-state index in [1.807, 2.05) is 32.3 Å². The predicted molar refractivity (Wildman–Crippen MR) is 73.3 cm³/mol. The summed E-state index contributed by atoms with van der Waals surface area (Å²) in [5.74, 6) is 0. The third kappa shape index (κ3) is 3.28. The quantitative estimate of drug-likeness (QED) is 0.682. The smallest absolute Gasteiger partial charge is 0.188 e. The molecule has 0 aliphatic carbocycles. The largest absolute Gasteiger partial charge is 0.327 e. The predicted octanol–water partition coefficient (Wildman–Crippen LogP) is 3.03. The van der Waals surface area contributed by atoms with E-state index < -0.39 is 0 Å². The number of hydrogen-bond acceptors (Lipinski definition) is 5. The van der Waals surface area contributed by atoms with Gasteiger partial charge in [0.05, 0.1) is 5.25 Å². The minimum Gasteiger partial charge on any atom is -0.327 e. The zero-order valence-corrected chi connectivity index (χ0v) is 11.5. The van der Waals surface area contributed by atoms with E-state index >= 15 is 0 Å². The van der Waals surface area contributed by atoms with Crippen LogP contribution in [0.5, 0.6) is 0 Å². The van der Waals surface area contributed by atoms with Gasteiger partial charge in [-0.05, 0) is 30.9 Å². The van der Waals surface area contributed by atoms with E-state index in [2.05, 4.69) is 21.4 Å². The van der Waals surface area contributed by atoms with Crippen LogP contribution < -0.4 is 5.73 Å². The molecule has 2 aromatic rings. The molecule has 0 saturated carbocycles. The van der Waals surface area contributed by atoms with Crippen molar-refractivity contribution >= 4 is 23.1 Å². The highest BCUT2D eigenvalue weighted by atomic mass is 32.2. The van der Waals surface area contributed by atoms with E-state index in [0.29, 0.717) is 0 Å². The van der Waals surface area contributed by atoms with Gasteiger partial charge in [0.1, 0.15) is 0 Å². The maximum Gasteiger partial charge on any atom is 0.188 e. The molecule has 0 aromatic carbocycles. The average Bonchev–Trinajstić information content (AvgIpc) is 2.81. The van der Waals surface area contributed by atoms with Gasteiger partial charge in [-0.3, -0.25) is 0 Å². The van der Waals surface area contributed by atoms with Crippen LogP contribution in [0.1, 0.15) is 22.6 Å². The van der Waals surface area contributed by atoms with Gasteiger partial charge in [-0.15, -0.1) is 11.3 Å². The van der Waals surface area contributed by atoms with Gasteiger partial charge in [-0.2, -0.15) is 0 Å². The summed E-state index contributed by atoms with van der Waals surface area (Å²) < 4.78 is 0. The lowest BCUT2D eigenvalue weighted by Gasteiger charge is -2.17. The molecule has 2 heterocycles. The molecular formula is C12H15N3S2. The molecule has 2 aromatic heterocycles. The summed E-state index contributed by atoms with van der Waals surface area (Å²) in [7, 11) is 0. The van der Waals surface area contributed by atoms with Gasteiger partial charge in [0.25, 0.3) is 0 Å². The van der Waals surface area contributed by atoms with E-state index in [-0.39, 0.29) is 11.3 Å². The average molecular weight is 265 g/mol.